The van der Waals surface area contributed by atoms with Gasteiger partial charge >= 0.3 is 5.97 Å². The van der Waals surface area contributed by atoms with Gasteiger partial charge in [-0.2, -0.15) is 0 Å². The van der Waals surface area contributed by atoms with Gasteiger partial charge in [0.25, 0.3) is 0 Å². The van der Waals surface area contributed by atoms with Crippen molar-refractivity contribution in [2.75, 3.05) is 0 Å². The topological polar surface area (TPSA) is 49.3 Å². The van der Waals surface area contributed by atoms with Crippen LogP contribution in [0.3, 0.4) is 0 Å². The molecule has 0 amide bonds. The first kappa shape index (κ1) is 20.2. The first-order valence-corrected chi connectivity index (χ1v) is 9.44. The quantitative estimate of drug-likeness (QED) is 0.644. The smallest absolute Gasteiger partial charge is 0.303 e. The van der Waals surface area contributed by atoms with E-state index in [1.807, 2.05) is 24.3 Å². The second-order valence-electron chi connectivity index (χ2n) is 7.84. The van der Waals surface area contributed by atoms with E-state index in [0.717, 1.165) is 12.8 Å². The molecule has 2 rings (SSSR count). The molecular formula is C23H31NO2. The SMILES string of the molecule is CC(CC(C)(C)c1ccccc1)NC(CCC(=O)O)Cc1ccccc1. The van der Waals surface area contributed by atoms with E-state index in [1.54, 1.807) is 0 Å². The van der Waals surface area contributed by atoms with Crippen LogP contribution in [0.4, 0.5) is 0 Å². The maximum absolute atomic E-state index is 11.0. The molecule has 26 heavy (non-hydrogen) atoms. The van der Waals surface area contributed by atoms with Gasteiger partial charge in [-0.1, -0.05) is 74.5 Å². The van der Waals surface area contributed by atoms with Crippen molar-refractivity contribution in [2.24, 2.45) is 0 Å². The van der Waals surface area contributed by atoms with Gasteiger partial charge in [-0.15, -0.1) is 0 Å². The number of hydrogen-bond acceptors (Lipinski definition) is 2. The van der Waals surface area contributed by atoms with E-state index in [0.29, 0.717) is 12.5 Å². The number of rotatable bonds is 10. The molecule has 3 nitrogen and oxygen atoms in total. The summed E-state index contributed by atoms with van der Waals surface area (Å²) >= 11 is 0. The molecule has 0 saturated heterocycles. The Morgan fingerprint density at radius 2 is 1.62 bits per heavy atom. The van der Waals surface area contributed by atoms with Gasteiger partial charge in [0.1, 0.15) is 0 Å². The van der Waals surface area contributed by atoms with Crippen molar-refractivity contribution in [2.45, 2.75) is 64.0 Å². The lowest BCUT2D eigenvalue weighted by atomic mass is 9.79. The molecular weight excluding hydrogens is 322 g/mol. The van der Waals surface area contributed by atoms with Gasteiger partial charge in [0, 0.05) is 18.5 Å². The molecule has 0 spiro atoms. The Kier molecular flexibility index (Phi) is 7.40. The van der Waals surface area contributed by atoms with Crippen LogP contribution in [0.1, 0.15) is 51.2 Å². The van der Waals surface area contributed by atoms with Crippen LogP contribution in [0, 0.1) is 0 Å². The van der Waals surface area contributed by atoms with Crippen molar-refractivity contribution >= 4 is 5.97 Å². The van der Waals surface area contributed by atoms with Gasteiger partial charge in [-0.3, -0.25) is 4.79 Å². The van der Waals surface area contributed by atoms with Crippen molar-refractivity contribution in [1.29, 1.82) is 0 Å². The number of nitrogens with one attached hydrogen (secondary N) is 1. The molecule has 2 aromatic rings. The van der Waals surface area contributed by atoms with Crippen LogP contribution < -0.4 is 5.32 Å². The highest BCUT2D eigenvalue weighted by molar-refractivity contribution is 5.66. The van der Waals surface area contributed by atoms with Gasteiger partial charge < -0.3 is 10.4 Å². The van der Waals surface area contributed by atoms with Gasteiger partial charge in [0.2, 0.25) is 0 Å². The number of hydrogen-bond donors (Lipinski definition) is 2. The maximum atomic E-state index is 11.0. The minimum absolute atomic E-state index is 0.0672. The van der Waals surface area contributed by atoms with Gasteiger partial charge in [-0.05, 0) is 42.7 Å². The molecule has 0 bridgehead atoms. The average Bonchev–Trinajstić information content (AvgIpc) is 2.61. The highest BCUT2D eigenvalue weighted by atomic mass is 16.4. The number of carboxylic acids is 1. The normalized spacial score (nSPS) is 14.0. The van der Waals surface area contributed by atoms with Crippen LogP contribution in [-0.4, -0.2) is 23.2 Å². The lowest BCUT2D eigenvalue weighted by molar-refractivity contribution is -0.137. The number of carboxylic acid groups (broad SMARTS) is 1. The fourth-order valence-electron chi connectivity index (χ4n) is 3.67. The Labute approximate surface area is 157 Å². The molecule has 0 aromatic heterocycles. The van der Waals surface area contributed by atoms with Crippen LogP contribution in [0.5, 0.6) is 0 Å². The standard InChI is InChI=1S/C23H31NO2/c1-18(17-23(2,3)20-12-8-5-9-13-20)24-21(14-15-22(25)26)16-19-10-6-4-7-11-19/h4-13,18,21,24H,14-17H2,1-3H3,(H,25,26). The first-order valence-electron chi connectivity index (χ1n) is 9.44. The summed E-state index contributed by atoms with van der Waals surface area (Å²) in [7, 11) is 0. The van der Waals surface area contributed by atoms with Crippen molar-refractivity contribution < 1.29 is 9.90 Å². The molecule has 3 heteroatoms. The molecule has 0 radical (unpaired) electrons. The zero-order valence-corrected chi connectivity index (χ0v) is 16.1. The lowest BCUT2D eigenvalue weighted by Crippen LogP contribution is -2.41. The number of carbonyl (C=O) groups is 1. The van der Waals surface area contributed by atoms with Gasteiger partial charge in [0.05, 0.1) is 0 Å². The molecule has 2 atom stereocenters. The van der Waals surface area contributed by atoms with Crippen molar-refractivity contribution in [3.63, 3.8) is 0 Å². The molecule has 2 unspecified atom stereocenters. The number of aliphatic carboxylic acids is 1. The Balaban J connectivity index is 2.00. The summed E-state index contributed by atoms with van der Waals surface area (Å²) in [5, 5.41) is 12.8. The third kappa shape index (κ3) is 6.64. The highest BCUT2D eigenvalue weighted by Gasteiger charge is 2.24. The minimum atomic E-state index is -0.734. The minimum Gasteiger partial charge on any atom is -0.481 e. The molecule has 2 aromatic carbocycles. The Morgan fingerprint density at radius 3 is 2.19 bits per heavy atom. The molecule has 140 valence electrons. The van der Waals surface area contributed by atoms with E-state index in [9.17, 15) is 4.79 Å². The van der Waals surface area contributed by atoms with E-state index >= 15 is 0 Å². The summed E-state index contributed by atoms with van der Waals surface area (Å²) in [5.41, 5.74) is 2.64. The van der Waals surface area contributed by atoms with Crippen LogP contribution in [-0.2, 0) is 16.6 Å². The van der Waals surface area contributed by atoms with E-state index in [2.05, 4.69) is 62.5 Å². The largest absolute Gasteiger partial charge is 0.481 e. The summed E-state index contributed by atoms with van der Waals surface area (Å²) in [4.78, 5) is 11.0. The second kappa shape index (κ2) is 9.54. The van der Waals surface area contributed by atoms with Crippen LogP contribution in [0.15, 0.2) is 60.7 Å². The predicted molar refractivity (Wildman–Crippen MR) is 107 cm³/mol. The molecule has 0 aliphatic heterocycles. The first-order chi connectivity index (χ1) is 12.4. The Hall–Kier alpha value is -2.13. The molecule has 0 aliphatic carbocycles. The van der Waals surface area contributed by atoms with Crippen LogP contribution >= 0.6 is 0 Å². The second-order valence-corrected chi connectivity index (χ2v) is 7.84. The Morgan fingerprint density at radius 1 is 1.04 bits per heavy atom. The third-order valence-electron chi connectivity index (χ3n) is 4.92. The van der Waals surface area contributed by atoms with Crippen molar-refractivity contribution in [1.82, 2.24) is 5.32 Å². The fourth-order valence-corrected chi connectivity index (χ4v) is 3.67. The molecule has 0 saturated carbocycles. The van der Waals surface area contributed by atoms with Crippen LogP contribution in [0.2, 0.25) is 0 Å². The molecule has 2 N–H and O–H groups in total. The summed E-state index contributed by atoms with van der Waals surface area (Å²) in [6.07, 6.45) is 2.68. The van der Waals surface area contributed by atoms with Crippen molar-refractivity contribution in [3.05, 3.63) is 71.8 Å². The van der Waals surface area contributed by atoms with E-state index in [-0.39, 0.29) is 17.9 Å². The molecule has 0 aliphatic rings. The Bertz CT molecular complexity index is 667. The predicted octanol–water partition coefficient (Wildman–Crippen LogP) is 4.81. The molecule has 0 fully saturated rings. The van der Waals surface area contributed by atoms with Crippen LogP contribution in [0.25, 0.3) is 0 Å². The van der Waals surface area contributed by atoms with Gasteiger partial charge in [0.15, 0.2) is 0 Å². The maximum Gasteiger partial charge on any atom is 0.303 e. The summed E-state index contributed by atoms with van der Waals surface area (Å²) in [6.45, 7) is 6.73. The average molecular weight is 354 g/mol. The third-order valence-corrected chi connectivity index (χ3v) is 4.92. The van der Waals surface area contributed by atoms with Crippen molar-refractivity contribution in [3.8, 4) is 0 Å². The number of benzene rings is 2. The zero-order chi connectivity index (χ0) is 19.0. The summed E-state index contributed by atoms with van der Waals surface area (Å²) in [6, 6.07) is 21.3. The van der Waals surface area contributed by atoms with E-state index in [1.165, 1.54) is 11.1 Å². The van der Waals surface area contributed by atoms with E-state index < -0.39 is 5.97 Å². The molecule has 0 heterocycles. The highest BCUT2D eigenvalue weighted by Crippen LogP contribution is 2.28. The summed E-state index contributed by atoms with van der Waals surface area (Å²) in [5.74, 6) is -0.734. The monoisotopic (exact) mass is 353 g/mol. The lowest BCUT2D eigenvalue weighted by Gasteiger charge is -2.31. The summed E-state index contributed by atoms with van der Waals surface area (Å²) < 4.78 is 0. The fraction of sp³-hybridized carbons (Fsp3) is 0.435. The van der Waals surface area contributed by atoms with E-state index in [4.69, 9.17) is 5.11 Å². The zero-order valence-electron chi connectivity index (χ0n) is 16.1. The van der Waals surface area contributed by atoms with Gasteiger partial charge in [-0.25, -0.2) is 0 Å².